The number of carboxylic acids is 1. The minimum Gasteiger partial charge on any atom is -0.480 e. The Morgan fingerprint density at radius 2 is 1.66 bits per heavy atom. The lowest BCUT2D eigenvalue weighted by molar-refractivity contribution is -0.143. The first-order valence-corrected chi connectivity index (χ1v) is 14.3. The highest BCUT2D eigenvalue weighted by molar-refractivity contribution is 7.98. The number of aromatic amines is 1. The molecule has 0 bridgehead atoms. The van der Waals surface area contributed by atoms with Crippen molar-refractivity contribution >= 4 is 46.4 Å². The third-order valence-corrected chi connectivity index (χ3v) is 7.37. The van der Waals surface area contributed by atoms with Crippen LogP contribution in [-0.4, -0.2) is 70.0 Å². The number of benzene rings is 1. The van der Waals surface area contributed by atoms with Gasteiger partial charge in [0.25, 0.3) is 0 Å². The molecule has 0 spiro atoms. The number of amides is 3. The van der Waals surface area contributed by atoms with E-state index in [0.717, 1.165) is 16.5 Å². The molecule has 1 aromatic heterocycles. The molecule has 1 heterocycles. The number of carbonyl (C=O) groups is 4. The Morgan fingerprint density at radius 3 is 2.26 bits per heavy atom. The summed E-state index contributed by atoms with van der Waals surface area (Å²) in [5.41, 5.74) is 7.66. The van der Waals surface area contributed by atoms with Crippen molar-refractivity contribution in [1.29, 1.82) is 0 Å². The summed E-state index contributed by atoms with van der Waals surface area (Å²) in [5, 5.41) is 18.7. The number of aliphatic carboxylic acids is 1. The molecule has 0 fully saturated rings. The number of rotatable bonds is 15. The average molecular weight is 548 g/mol. The van der Waals surface area contributed by atoms with Gasteiger partial charge in [0.05, 0.1) is 6.04 Å². The van der Waals surface area contributed by atoms with E-state index in [0.29, 0.717) is 18.6 Å². The molecule has 0 aliphatic heterocycles. The number of hydrogen-bond donors (Lipinski definition) is 6. The van der Waals surface area contributed by atoms with Crippen molar-refractivity contribution in [2.24, 2.45) is 17.6 Å². The summed E-state index contributed by atoms with van der Waals surface area (Å²) in [5.74, 6) is -2.62. The van der Waals surface area contributed by atoms with Crippen molar-refractivity contribution in [2.75, 3.05) is 12.0 Å². The van der Waals surface area contributed by atoms with Crippen molar-refractivity contribution in [3.63, 3.8) is 0 Å². The van der Waals surface area contributed by atoms with Gasteiger partial charge in [0.15, 0.2) is 0 Å². The number of thioether (sulfide) groups is 1. The van der Waals surface area contributed by atoms with E-state index in [2.05, 4.69) is 20.9 Å². The van der Waals surface area contributed by atoms with E-state index < -0.39 is 47.9 Å². The van der Waals surface area contributed by atoms with Crippen molar-refractivity contribution in [3.8, 4) is 0 Å². The van der Waals surface area contributed by atoms with E-state index in [-0.39, 0.29) is 18.3 Å². The Hall–Kier alpha value is -3.05. The van der Waals surface area contributed by atoms with Crippen LogP contribution < -0.4 is 21.7 Å². The highest BCUT2D eigenvalue weighted by Crippen LogP contribution is 2.20. The first-order valence-electron chi connectivity index (χ1n) is 12.9. The zero-order valence-corrected chi connectivity index (χ0v) is 23.6. The van der Waals surface area contributed by atoms with Gasteiger partial charge in [0.1, 0.15) is 18.1 Å². The minimum atomic E-state index is -1.14. The molecule has 210 valence electrons. The van der Waals surface area contributed by atoms with Gasteiger partial charge in [0, 0.05) is 23.5 Å². The molecule has 11 heteroatoms. The summed E-state index contributed by atoms with van der Waals surface area (Å²) in [6, 6.07) is 3.71. The third-order valence-electron chi connectivity index (χ3n) is 6.73. The van der Waals surface area contributed by atoms with Crippen LogP contribution >= 0.6 is 11.8 Å². The molecule has 38 heavy (non-hydrogen) atoms. The van der Waals surface area contributed by atoms with E-state index in [4.69, 9.17) is 5.73 Å². The van der Waals surface area contributed by atoms with Gasteiger partial charge in [-0.05, 0) is 41.9 Å². The van der Waals surface area contributed by atoms with Gasteiger partial charge in [-0.1, -0.05) is 52.3 Å². The van der Waals surface area contributed by atoms with Crippen LogP contribution in [0.5, 0.6) is 0 Å². The van der Waals surface area contributed by atoms with Crippen molar-refractivity contribution in [2.45, 2.75) is 71.1 Å². The Balaban J connectivity index is 2.30. The number of para-hydroxylation sites is 1. The first-order chi connectivity index (χ1) is 18.0. The maximum Gasteiger partial charge on any atom is 0.326 e. The van der Waals surface area contributed by atoms with Crippen molar-refractivity contribution in [1.82, 2.24) is 20.9 Å². The van der Waals surface area contributed by atoms with Crippen LogP contribution in [0.25, 0.3) is 10.9 Å². The number of nitrogens with one attached hydrogen (secondary N) is 4. The van der Waals surface area contributed by atoms with E-state index in [9.17, 15) is 24.3 Å². The second kappa shape index (κ2) is 14.8. The molecule has 5 atom stereocenters. The minimum absolute atomic E-state index is 0.125. The molecule has 5 unspecified atom stereocenters. The summed E-state index contributed by atoms with van der Waals surface area (Å²) in [4.78, 5) is 54.5. The fourth-order valence-electron chi connectivity index (χ4n) is 4.10. The Kier molecular flexibility index (Phi) is 12.1. The molecule has 3 amide bonds. The Morgan fingerprint density at radius 1 is 1.00 bits per heavy atom. The molecule has 2 aromatic rings. The van der Waals surface area contributed by atoms with Crippen molar-refractivity contribution < 1.29 is 24.3 Å². The summed E-state index contributed by atoms with van der Waals surface area (Å²) in [7, 11) is 0. The number of hydrogen-bond acceptors (Lipinski definition) is 6. The highest BCUT2D eigenvalue weighted by Gasteiger charge is 2.33. The number of aromatic nitrogens is 1. The smallest absolute Gasteiger partial charge is 0.326 e. The summed E-state index contributed by atoms with van der Waals surface area (Å²) < 4.78 is 0. The van der Waals surface area contributed by atoms with Crippen molar-refractivity contribution in [3.05, 3.63) is 36.0 Å². The molecule has 0 aliphatic rings. The molecular weight excluding hydrogens is 506 g/mol. The lowest BCUT2D eigenvalue weighted by atomic mass is 9.97. The SMILES string of the molecule is CCC(C)C(NC(=O)C(Cc1c[nH]c2ccccc12)NC(=O)C(NC(=O)C(N)CCSC)C(C)C)C(=O)O. The van der Waals surface area contributed by atoms with Gasteiger partial charge in [-0.3, -0.25) is 14.4 Å². The lowest BCUT2D eigenvalue weighted by Gasteiger charge is -2.28. The maximum absolute atomic E-state index is 13.4. The molecule has 0 radical (unpaired) electrons. The number of fused-ring (bicyclic) bond motifs is 1. The summed E-state index contributed by atoms with van der Waals surface area (Å²) in [6.45, 7) is 7.17. The predicted molar refractivity (Wildman–Crippen MR) is 151 cm³/mol. The zero-order valence-electron chi connectivity index (χ0n) is 22.7. The Bertz CT molecular complexity index is 1100. The highest BCUT2D eigenvalue weighted by atomic mass is 32.2. The van der Waals surface area contributed by atoms with Gasteiger partial charge in [-0.2, -0.15) is 11.8 Å². The van der Waals surface area contributed by atoms with E-state index in [1.165, 1.54) is 0 Å². The molecular formula is C27H41N5O5S. The van der Waals surface area contributed by atoms with Crippen LogP contribution in [0.1, 0.15) is 46.1 Å². The van der Waals surface area contributed by atoms with E-state index >= 15 is 0 Å². The molecule has 10 nitrogen and oxygen atoms in total. The van der Waals surface area contributed by atoms with Crippen LogP contribution in [0.2, 0.25) is 0 Å². The summed E-state index contributed by atoms with van der Waals surface area (Å²) in [6.07, 6.45) is 4.84. The normalized spacial score (nSPS) is 15.3. The zero-order chi connectivity index (χ0) is 28.4. The van der Waals surface area contributed by atoms with E-state index in [1.54, 1.807) is 38.7 Å². The van der Waals surface area contributed by atoms with Crippen LogP contribution in [0.15, 0.2) is 30.5 Å². The topological polar surface area (TPSA) is 166 Å². The Labute approximate surface area is 228 Å². The molecule has 2 rings (SSSR count). The van der Waals surface area contributed by atoms with Gasteiger partial charge in [-0.25, -0.2) is 4.79 Å². The fourth-order valence-corrected chi connectivity index (χ4v) is 4.59. The van der Waals surface area contributed by atoms with Crippen LogP contribution in [-0.2, 0) is 25.6 Å². The van der Waals surface area contributed by atoms with Crippen LogP contribution in [0.3, 0.4) is 0 Å². The molecule has 0 aliphatic carbocycles. The monoisotopic (exact) mass is 547 g/mol. The third kappa shape index (κ3) is 8.49. The number of H-pyrrole nitrogens is 1. The van der Waals surface area contributed by atoms with Crippen LogP contribution in [0, 0.1) is 11.8 Å². The largest absolute Gasteiger partial charge is 0.480 e. The molecule has 1 aromatic carbocycles. The quantitative estimate of drug-likeness (QED) is 0.198. The van der Waals surface area contributed by atoms with Gasteiger partial charge >= 0.3 is 5.97 Å². The van der Waals surface area contributed by atoms with E-state index in [1.807, 2.05) is 37.4 Å². The maximum atomic E-state index is 13.4. The second-order valence-corrected chi connectivity index (χ2v) is 10.9. The first kappa shape index (κ1) is 31.2. The van der Waals surface area contributed by atoms with Gasteiger partial charge in [-0.15, -0.1) is 0 Å². The molecule has 0 saturated carbocycles. The average Bonchev–Trinajstić information content (AvgIpc) is 3.29. The predicted octanol–water partition coefficient (Wildman–Crippen LogP) is 2.03. The second-order valence-electron chi connectivity index (χ2n) is 9.95. The van der Waals surface area contributed by atoms with Crippen LogP contribution in [0.4, 0.5) is 0 Å². The number of nitrogens with two attached hydrogens (primary N) is 1. The summed E-state index contributed by atoms with van der Waals surface area (Å²) >= 11 is 1.57. The number of carboxylic acid groups (broad SMARTS) is 1. The number of carbonyl (C=O) groups excluding carboxylic acids is 3. The fraction of sp³-hybridized carbons (Fsp3) is 0.556. The molecule has 0 saturated heterocycles. The lowest BCUT2D eigenvalue weighted by Crippen LogP contribution is -2.59. The molecule has 7 N–H and O–H groups in total. The standard InChI is InChI=1S/C27H41N5O5S/c1-6-16(4)23(27(36)37)32-25(34)21(13-17-14-29-20-10-8-7-9-18(17)20)30-26(35)22(15(2)3)31-24(33)19(28)11-12-38-5/h7-10,14-16,19,21-23,29H,6,11-13,28H2,1-5H3,(H,30,35)(H,31,33)(H,32,34)(H,36,37). The van der Waals surface area contributed by atoms with Gasteiger partial charge < -0.3 is 31.8 Å². The van der Waals surface area contributed by atoms with Gasteiger partial charge in [0.2, 0.25) is 17.7 Å².